The van der Waals surface area contributed by atoms with Crippen LogP contribution < -0.4 is 9.46 Å². The number of para-hydroxylation sites is 1. The van der Waals surface area contributed by atoms with Crippen molar-refractivity contribution in [3.8, 4) is 5.75 Å². The summed E-state index contributed by atoms with van der Waals surface area (Å²) in [6, 6.07) is 7.95. The molecule has 0 bridgehead atoms. The largest absolute Gasteiger partial charge is 0.496 e. The Hall–Kier alpha value is -1.15. The number of nitrogens with zero attached hydrogens (tertiary/aromatic N) is 2. The number of hydrogen-bond donors (Lipinski definition) is 1. The van der Waals surface area contributed by atoms with Crippen LogP contribution >= 0.6 is 0 Å². The van der Waals surface area contributed by atoms with Gasteiger partial charge in [-0.05, 0) is 44.8 Å². The lowest BCUT2D eigenvalue weighted by Gasteiger charge is -2.36. The quantitative estimate of drug-likeness (QED) is 0.771. The Morgan fingerprint density at radius 3 is 2.22 bits per heavy atom. The van der Waals surface area contributed by atoms with E-state index in [1.807, 2.05) is 18.2 Å². The third kappa shape index (κ3) is 5.44. The number of ether oxygens (including phenoxy) is 1. The van der Waals surface area contributed by atoms with Gasteiger partial charge in [-0.15, -0.1) is 0 Å². The van der Waals surface area contributed by atoms with Crippen molar-refractivity contribution in [1.29, 1.82) is 0 Å². The molecule has 3 rings (SSSR count). The molecular weight excluding hydrogens is 362 g/mol. The van der Waals surface area contributed by atoms with E-state index in [1.165, 1.54) is 6.42 Å². The van der Waals surface area contributed by atoms with E-state index < -0.39 is 10.2 Å². The van der Waals surface area contributed by atoms with E-state index in [0.29, 0.717) is 19.6 Å². The van der Waals surface area contributed by atoms with E-state index in [1.54, 1.807) is 11.4 Å². The molecule has 1 unspecified atom stereocenters. The van der Waals surface area contributed by atoms with E-state index in [-0.39, 0.29) is 6.04 Å². The average molecular weight is 396 g/mol. The average Bonchev–Trinajstić information content (AvgIpc) is 2.99. The maximum Gasteiger partial charge on any atom is 0.279 e. The van der Waals surface area contributed by atoms with Crippen LogP contribution in [0.5, 0.6) is 5.75 Å². The van der Waals surface area contributed by atoms with Crippen molar-refractivity contribution >= 4 is 10.2 Å². The van der Waals surface area contributed by atoms with Gasteiger partial charge in [-0.25, -0.2) is 4.72 Å². The molecule has 1 atom stereocenters. The molecule has 0 aromatic heterocycles. The number of rotatable bonds is 7. The first-order valence-electron chi connectivity index (χ1n) is 10.2. The number of nitrogens with one attached hydrogen (secondary N) is 1. The van der Waals surface area contributed by atoms with Gasteiger partial charge in [-0.1, -0.05) is 37.5 Å². The first-order chi connectivity index (χ1) is 13.1. The van der Waals surface area contributed by atoms with Crippen molar-refractivity contribution in [3.63, 3.8) is 0 Å². The maximum atomic E-state index is 12.9. The van der Waals surface area contributed by atoms with Gasteiger partial charge in [0, 0.05) is 25.2 Å². The summed E-state index contributed by atoms with van der Waals surface area (Å²) in [6.07, 6.45) is 7.68. The van der Waals surface area contributed by atoms with Crippen LogP contribution in [0.1, 0.15) is 56.6 Å². The van der Waals surface area contributed by atoms with E-state index >= 15 is 0 Å². The summed E-state index contributed by atoms with van der Waals surface area (Å²) in [4.78, 5) is 2.40. The highest BCUT2D eigenvalue weighted by Gasteiger charge is 2.28. The molecule has 0 aliphatic carbocycles. The Labute approximate surface area is 164 Å². The van der Waals surface area contributed by atoms with Crippen LogP contribution in [0.3, 0.4) is 0 Å². The zero-order valence-electron chi connectivity index (χ0n) is 16.4. The standard InChI is InChI=1S/C20H33N3O3S/c1-26-20-12-6-5-11-18(20)19(22-13-7-4-8-14-22)17-21-27(24,25)23-15-9-2-3-10-16-23/h5-6,11-12,19,21H,2-4,7-10,13-17H2,1H3. The molecule has 1 N–H and O–H groups in total. The number of methoxy groups -OCH3 is 1. The third-order valence-corrected chi connectivity index (χ3v) is 7.27. The zero-order valence-corrected chi connectivity index (χ0v) is 17.2. The normalized spacial score (nSPS) is 21.5. The highest BCUT2D eigenvalue weighted by molar-refractivity contribution is 7.87. The molecule has 0 spiro atoms. The molecule has 2 heterocycles. The molecule has 2 aliphatic heterocycles. The van der Waals surface area contributed by atoms with Crippen LogP contribution in [0.25, 0.3) is 0 Å². The maximum absolute atomic E-state index is 12.9. The summed E-state index contributed by atoms with van der Waals surface area (Å²) in [6.45, 7) is 3.61. The van der Waals surface area contributed by atoms with Crippen molar-refractivity contribution in [2.24, 2.45) is 0 Å². The van der Waals surface area contributed by atoms with Gasteiger partial charge in [0.15, 0.2) is 0 Å². The highest BCUT2D eigenvalue weighted by atomic mass is 32.2. The fourth-order valence-electron chi connectivity index (χ4n) is 4.17. The van der Waals surface area contributed by atoms with Crippen molar-refractivity contribution in [3.05, 3.63) is 29.8 Å². The smallest absolute Gasteiger partial charge is 0.279 e. The Balaban J connectivity index is 1.76. The van der Waals surface area contributed by atoms with E-state index in [0.717, 1.165) is 62.9 Å². The monoisotopic (exact) mass is 395 g/mol. The Bertz CT molecular complexity index is 681. The number of hydrogen-bond acceptors (Lipinski definition) is 4. The Morgan fingerprint density at radius 2 is 1.56 bits per heavy atom. The van der Waals surface area contributed by atoms with Crippen LogP contribution in [0.15, 0.2) is 24.3 Å². The molecule has 7 heteroatoms. The van der Waals surface area contributed by atoms with E-state index in [4.69, 9.17) is 4.74 Å². The van der Waals surface area contributed by atoms with Gasteiger partial charge in [-0.2, -0.15) is 12.7 Å². The van der Waals surface area contributed by atoms with Crippen LogP contribution in [0.2, 0.25) is 0 Å². The lowest BCUT2D eigenvalue weighted by atomic mass is 10.0. The molecule has 1 aromatic carbocycles. The van der Waals surface area contributed by atoms with Crippen LogP contribution in [0, 0.1) is 0 Å². The van der Waals surface area contributed by atoms with Gasteiger partial charge in [0.2, 0.25) is 0 Å². The lowest BCUT2D eigenvalue weighted by molar-refractivity contribution is 0.161. The second kappa shape index (κ2) is 9.87. The molecule has 1 aromatic rings. The molecule has 0 saturated carbocycles. The molecule has 152 valence electrons. The summed E-state index contributed by atoms with van der Waals surface area (Å²) in [5.41, 5.74) is 1.06. The summed E-state index contributed by atoms with van der Waals surface area (Å²) in [5, 5.41) is 0. The highest BCUT2D eigenvalue weighted by Crippen LogP contribution is 2.31. The predicted molar refractivity (Wildman–Crippen MR) is 108 cm³/mol. The summed E-state index contributed by atoms with van der Waals surface area (Å²) >= 11 is 0. The Kier molecular flexibility index (Phi) is 7.52. The first kappa shape index (κ1) is 20.6. The topological polar surface area (TPSA) is 61.9 Å². The molecule has 6 nitrogen and oxygen atoms in total. The minimum atomic E-state index is -3.45. The molecule has 0 amide bonds. The van der Waals surface area contributed by atoms with Gasteiger partial charge in [0.05, 0.1) is 13.2 Å². The second-order valence-electron chi connectivity index (χ2n) is 7.52. The van der Waals surface area contributed by atoms with Gasteiger partial charge in [-0.3, -0.25) is 4.90 Å². The molecule has 27 heavy (non-hydrogen) atoms. The predicted octanol–water partition coefficient (Wildman–Crippen LogP) is 2.93. The molecule has 0 radical (unpaired) electrons. The third-order valence-electron chi connectivity index (χ3n) is 5.69. The Morgan fingerprint density at radius 1 is 0.963 bits per heavy atom. The number of likely N-dealkylation sites (tertiary alicyclic amines) is 1. The SMILES string of the molecule is COc1ccccc1C(CNS(=O)(=O)N1CCCCCC1)N1CCCCC1. The minimum Gasteiger partial charge on any atom is -0.496 e. The fraction of sp³-hybridized carbons (Fsp3) is 0.700. The second-order valence-corrected chi connectivity index (χ2v) is 9.28. The van der Waals surface area contributed by atoms with E-state index in [2.05, 4.69) is 15.7 Å². The summed E-state index contributed by atoms with van der Waals surface area (Å²) in [7, 11) is -1.78. The van der Waals surface area contributed by atoms with Gasteiger partial charge in [0.25, 0.3) is 10.2 Å². The number of piperidine rings is 1. The van der Waals surface area contributed by atoms with Crippen LogP contribution in [-0.2, 0) is 10.2 Å². The molecule has 2 aliphatic rings. The van der Waals surface area contributed by atoms with E-state index in [9.17, 15) is 8.42 Å². The van der Waals surface area contributed by atoms with Gasteiger partial charge >= 0.3 is 0 Å². The van der Waals surface area contributed by atoms with Crippen LogP contribution in [-0.4, -0.2) is 57.5 Å². The summed E-state index contributed by atoms with van der Waals surface area (Å²) < 4.78 is 35.8. The van der Waals surface area contributed by atoms with Crippen molar-refractivity contribution in [1.82, 2.24) is 13.9 Å². The van der Waals surface area contributed by atoms with Crippen molar-refractivity contribution in [2.75, 3.05) is 39.8 Å². The van der Waals surface area contributed by atoms with Gasteiger partial charge < -0.3 is 4.74 Å². The van der Waals surface area contributed by atoms with Crippen molar-refractivity contribution < 1.29 is 13.2 Å². The first-order valence-corrected chi connectivity index (χ1v) is 11.7. The lowest BCUT2D eigenvalue weighted by Crippen LogP contribution is -2.46. The fourth-order valence-corrected chi connectivity index (χ4v) is 5.46. The minimum absolute atomic E-state index is 0.0109. The molecular formula is C20H33N3O3S. The zero-order chi connectivity index (χ0) is 19.1. The van der Waals surface area contributed by atoms with Crippen LogP contribution in [0.4, 0.5) is 0 Å². The molecule has 2 fully saturated rings. The van der Waals surface area contributed by atoms with Crippen molar-refractivity contribution in [2.45, 2.75) is 51.0 Å². The summed E-state index contributed by atoms with van der Waals surface area (Å²) in [5.74, 6) is 0.821. The molecule has 2 saturated heterocycles. The number of benzene rings is 1. The van der Waals surface area contributed by atoms with Gasteiger partial charge in [0.1, 0.15) is 5.75 Å².